The van der Waals surface area contributed by atoms with E-state index in [9.17, 15) is 9.59 Å². The highest BCUT2D eigenvalue weighted by Gasteiger charge is 2.15. The van der Waals surface area contributed by atoms with E-state index in [0.29, 0.717) is 6.54 Å². The zero-order chi connectivity index (χ0) is 18.1. The number of pyridine rings is 1. The van der Waals surface area contributed by atoms with Crippen LogP contribution in [0.3, 0.4) is 0 Å². The molecule has 1 heterocycles. The quantitative estimate of drug-likeness (QED) is 0.831. The fourth-order valence-electron chi connectivity index (χ4n) is 3.32. The number of nitrogens with zero attached hydrogens (tertiary/aromatic N) is 1. The predicted octanol–water partition coefficient (Wildman–Crippen LogP) is 3.32. The second kappa shape index (κ2) is 10.2. The maximum Gasteiger partial charge on any atom is 0.220 e. The van der Waals surface area contributed by atoms with Crippen LogP contribution in [-0.4, -0.2) is 22.8 Å². The van der Waals surface area contributed by atoms with Crippen LogP contribution in [-0.2, 0) is 16.1 Å². The first-order chi connectivity index (χ1) is 12.0. The van der Waals surface area contributed by atoms with Crippen molar-refractivity contribution in [3.8, 4) is 0 Å². The van der Waals surface area contributed by atoms with Crippen molar-refractivity contribution in [2.75, 3.05) is 0 Å². The zero-order valence-corrected chi connectivity index (χ0v) is 15.6. The molecule has 0 saturated heterocycles. The highest BCUT2D eigenvalue weighted by Crippen LogP contribution is 2.17. The Morgan fingerprint density at radius 3 is 2.36 bits per heavy atom. The number of hydrogen-bond acceptors (Lipinski definition) is 3. The molecule has 0 aliphatic heterocycles. The topological polar surface area (TPSA) is 71.1 Å². The van der Waals surface area contributed by atoms with Crippen molar-refractivity contribution in [1.29, 1.82) is 0 Å². The van der Waals surface area contributed by atoms with E-state index in [1.54, 1.807) is 6.20 Å². The van der Waals surface area contributed by atoms with Gasteiger partial charge in [-0.3, -0.25) is 14.6 Å². The van der Waals surface area contributed by atoms with Crippen LogP contribution in [0.15, 0.2) is 12.3 Å². The van der Waals surface area contributed by atoms with Gasteiger partial charge in [0.1, 0.15) is 0 Å². The van der Waals surface area contributed by atoms with Gasteiger partial charge >= 0.3 is 0 Å². The molecular formula is C20H31N3O2. The van der Waals surface area contributed by atoms with Crippen molar-refractivity contribution >= 4 is 11.8 Å². The van der Waals surface area contributed by atoms with Gasteiger partial charge in [0, 0.05) is 37.3 Å². The third-order valence-corrected chi connectivity index (χ3v) is 4.88. The van der Waals surface area contributed by atoms with Crippen LogP contribution in [0.25, 0.3) is 0 Å². The minimum Gasteiger partial charge on any atom is -0.353 e. The van der Waals surface area contributed by atoms with Gasteiger partial charge in [0.15, 0.2) is 0 Å². The maximum atomic E-state index is 12.1. The SMILES string of the molecule is Cc1cc(C)c(CNC(=O)CCC(=O)NC2CCCCCCC2)cn1. The number of nitrogens with one attached hydrogen (secondary N) is 2. The van der Waals surface area contributed by atoms with Gasteiger partial charge in [-0.15, -0.1) is 0 Å². The Morgan fingerprint density at radius 1 is 1.04 bits per heavy atom. The molecule has 5 heteroatoms. The van der Waals surface area contributed by atoms with Crippen LogP contribution < -0.4 is 10.6 Å². The molecule has 1 aliphatic carbocycles. The maximum absolute atomic E-state index is 12.1. The summed E-state index contributed by atoms with van der Waals surface area (Å²) in [4.78, 5) is 28.3. The lowest BCUT2D eigenvalue weighted by Crippen LogP contribution is -2.36. The lowest BCUT2D eigenvalue weighted by molar-refractivity contribution is -0.127. The molecule has 1 aromatic rings. The number of carbonyl (C=O) groups is 2. The summed E-state index contributed by atoms with van der Waals surface area (Å²) < 4.78 is 0. The van der Waals surface area contributed by atoms with E-state index in [1.165, 1.54) is 32.1 Å². The molecule has 0 unspecified atom stereocenters. The number of carbonyl (C=O) groups excluding carboxylic acids is 2. The van der Waals surface area contributed by atoms with Crippen LogP contribution in [0, 0.1) is 13.8 Å². The van der Waals surface area contributed by atoms with Crippen LogP contribution in [0.5, 0.6) is 0 Å². The number of hydrogen-bond donors (Lipinski definition) is 2. The van der Waals surface area contributed by atoms with Crippen molar-refractivity contribution in [1.82, 2.24) is 15.6 Å². The second-order valence-electron chi connectivity index (χ2n) is 7.14. The normalized spacial score (nSPS) is 15.9. The third-order valence-electron chi connectivity index (χ3n) is 4.88. The number of aromatic nitrogens is 1. The summed E-state index contributed by atoms with van der Waals surface area (Å²) in [5.41, 5.74) is 3.10. The van der Waals surface area contributed by atoms with Crippen molar-refractivity contribution in [2.45, 2.75) is 84.2 Å². The minimum absolute atomic E-state index is 0.00564. The van der Waals surface area contributed by atoms with Gasteiger partial charge in [-0.25, -0.2) is 0 Å². The van der Waals surface area contributed by atoms with Gasteiger partial charge in [0.25, 0.3) is 0 Å². The molecule has 1 aliphatic rings. The van der Waals surface area contributed by atoms with Gasteiger partial charge in [0.05, 0.1) is 0 Å². The Bertz CT molecular complexity index is 578. The van der Waals surface area contributed by atoms with E-state index < -0.39 is 0 Å². The van der Waals surface area contributed by atoms with E-state index in [1.807, 2.05) is 19.9 Å². The average Bonchev–Trinajstić information content (AvgIpc) is 2.54. The summed E-state index contributed by atoms with van der Waals surface area (Å²) in [6, 6.07) is 2.29. The Balaban J connectivity index is 1.67. The lowest BCUT2D eigenvalue weighted by atomic mass is 9.96. The van der Waals surface area contributed by atoms with Crippen molar-refractivity contribution < 1.29 is 9.59 Å². The first kappa shape index (κ1) is 19.4. The number of aryl methyl sites for hydroxylation is 2. The Hall–Kier alpha value is -1.91. The van der Waals surface area contributed by atoms with Crippen LogP contribution >= 0.6 is 0 Å². The molecule has 138 valence electrons. The van der Waals surface area contributed by atoms with E-state index in [2.05, 4.69) is 15.6 Å². The summed E-state index contributed by atoms with van der Waals surface area (Å²) in [5.74, 6) is -0.0957. The Labute approximate surface area is 151 Å². The average molecular weight is 345 g/mol. The van der Waals surface area contributed by atoms with E-state index >= 15 is 0 Å². The number of rotatable bonds is 6. The summed E-state index contributed by atoms with van der Waals surface area (Å²) in [7, 11) is 0. The third kappa shape index (κ3) is 7.24. The lowest BCUT2D eigenvalue weighted by Gasteiger charge is -2.21. The molecule has 2 rings (SSSR count). The van der Waals surface area contributed by atoms with E-state index in [4.69, 9.17) is 0 Å². The summed E-state index contributed by atoms with van der Waals surface area (Å²) in [6.45, 7) is 4.42. The van der Waals surface area contributed by atoms with Gasteiger partial charge in [0.2, 0.25) is 11.8 Å². The smallest absolute Gasteiger partial charge is 0.220 e. The van der Waals surface area contributed by atoms with Crippen molar-refractivity contribution in [3.63, 3.8) is 0 Å². The van der Waals surface area contributed by atoms with Crippen LogP contribution in [0.4, 0.5) is 0 Å². The standard InChI is InChI=1S/C20H31N3O2/c1-15-12-16(2)21-13-17(15)14-22-19(24)10-11-20(25)23-18-8-6-4-3-5-7-9-18/h12-13,18H,3-11,14H2,1-2H3,(H,22,24)(H,23,25). The fraction of sp³-hybridized carbons (Fsp3) is 0.650. The zero-order valence-electron chi connectivity index (χ0n) is 15.6. The molecule has 0 aromatic carbocycles. The molecule has 0 bridgehead atoms. The van der Waals surface area contributed by atoms with Crippen molar-refractivity contribution in [3.05, 3.63) is 29.1 Å². The molecule has 1 aromatic heterocycles. The molecule has 1 fully saturated rings. The largest absolute Gasteiger partial charge is 0.353 e. The Morgan fingerprint density at radius 2 is 1.68 bits per heavy atom. The van der Waals surface area contributed by atoms with Crippen molar-refractivity contribution in [2.24, 2.45) is 0 Å². The van der Waals surface area contributed by atoms with Crippen LogP contribution in [0.2, 0.25) is 0 Å². The fourth-order valence-corrected chi connectivity index (χ4v) is 3.32. The monoisotopic (exact) mass is 345 g/mol. The summed E-state index contributed by atoms with van der Waals surface area (Å²) >= 11 is 0. The molecule has 0 radical (unpaired) electrons. The molecule has 2 amide bonds. The first-order valence-electron chi connectivity index (χ1n) is 9.53. The molecular weight excluding hydrogens is 314 g/mol. The predicted molar refractivity (Wildman–Crippen MR) is 99.0 cm³/mol. The van der Waals surface area contributed by atoms with E-state index in [-0.39, 0.29) is 30.7 Å². The first-order valence-corrected chi connectivity index (χ1v) is 9.53. The van der Waals surface area contributed by atoms with Gasteiger partial charge in [-0.2, -0.15) is 0 Å². The summed E-state index contributed by atoms with van der Waals surface area (Å²) in [6.07, 6.45) is 10.7. The summed E-state index contributed by atoms with van der Waals surface area (Å²) in [5, 5.41) is 5.98. The van der Waals surface area contributed by atoms with E-state index in [0.717, 1.165) is 29.7 Å². The highest BCUT2D eigenvalue weighted by molar-refractivity contribution is 5.83. The molecule has 25 heavy (non-hydrogen) atoms. The van der Waals surface area contributed by atoms with Gasteiger partial charge in [-0.05, 0) is 43.9 Å². The molecule has 5 nitrogen and oxygen atoms in total. The minimum atomic E-state index is -0.0900. The van der Waals surface area contributed by atoms with Gasteiger partial charge < -0.3 is 10.6 Å². The second-order valence-corrected chi connectivity index (χ2v) is 7.14. The molecule has 2 N–H and O–H groups in total. The number of amides is 2. The molecule has 1 saturated carbocycles. The Kier molecular flexibility index (Phi) is 7.89. The van der Waals surface area contributed by atoms with Gasteiger partial charge in [-0.1, -0.05) is 32.1 Å². The highest BCUT2D eigenvalue weighted by atomic mass is 16.2. The molecule has 0 atom stereocenters. The molecule has 0 spiro atoms. The van der Waals surface area contributed by atoms with Crippen LogP contribution in [0.1, 0.15) is 74.6 Å².